The van der Waals surface area contributed by atoms with Gasteiger partial charge in [0.25, 0.3) is 0 Å². The Kier molecular flexibility index (Phi) is 9.75. The predicted octanol–water partition coefficient (Wildman–Crippen LogP) is 8.08. The van der Waals surface area contributed by atoms with Crippen LogP contribution in [0.15, 0.2) is 18.2 Å². The fourth-order valence-electron chi connectivity index (χ4n) is 3.60. The van der Waals surface area contributed by atoms with Crippen LogP contribution in [0.3, 0.4) is 0 Å². The van der Waals surface area contributed by atoms with Crippen molar-refractivity contribution in [1.82, 2.24) is 0 Å². The molecule has 1 aromatic rings. The topological polar surface area (TPSA) is 20.2 Å². The van der Waals surface area contributed by atoms with E-state index in [4.69, 9.17) is 0 Å². The first-order valence-corrected chi connectivity index (χ1v) is 10.9. The lowest BCUT2D eigenvalue weighted by Gasteiger charge is -2.18. The summed E-state index contributed by atoms with van der Waals surface area (Å²) in [5, 5.41) is 10.3. The van der Waals surface area contributed by atoms with Crippen molar-refractivity contribution >= 4 is 0 Å². The molecular weight excluding hydrogens is 316 g/mol. The van der Waals surface area contributed by atoms with Crippen LogP contribution in [0.4, 0.5) is 0 Å². The second kappa shape index (κ2) is 11.0. The Morgan fingerprint density at radius 2 is 1.15 bits per heavy atom. The van der Waals surface area contributed by atoms with Gasteiger partial charge >= 0.3 is 0 Å². The maximum Gasteiger partial charge on any atom is 0.119 e. The molecule has 150 valence electrons. The Labute approximate surface area is 163 Å². The van der Waals surface area contributed by atoms with Crippen LogP contribution in [0.5, 0.6) is 5.75 Å². The molecule has 0 heterocycles. The number of benzene rings is 1. The molecule has 1 rings (SSSR count). The lowest BCUT2D eigenvalue weighted by Crippen LogP contribution is -2.04. The molecule has 0 unspecified atom stereocenters. The fourth-order valence-corrected chi connectivity index (χ4v) is 3.60. The summed E-state index contributed by atoms with van der Waals surface area (Å²) < 4.78 is 0. The first-order chi connectivity index (χ1) is 12.1. The third-order valence-corrected chi connectivity index (χ3v) is 5.22. The van der Waals surface area contributed by atoms with Gasteiger partial charge in [-0.15, -0.1) is 0 Å². The Morgan fingerprint density at radius 3 is 1.73 bits per heavy atom. The van der Waals surface area contributed by atoms with Gasteiger partial charge in [0.05, 0.1) is 0 Å². The summed E-state index contributed by atoms with van der Waals surface area (Å²) in [5.41, 5.74) is 3.48. The molecule has 0 saturated heterocycles. The van der Waals surface area contributed by atoms with Crippen molar-refractivity contribution in [3.8, 4) is 5.75 Å². The second-order valence-corrected chi connectivity index (χ2v) is 10.5. The average molecular weight is 361 g/mol. The molecule has 0 bridgehead atoms. The Morgan fingerprint density at radius 1 is 0.654 bits per heavy atom. The van der Waals surface area contributed by atoms with Gasteiger partial charge in [-0.2, -0.15) is 0 Å². The number of hydrogen-bond donors (Lipinski definition) is 1. The van der Waals surface area contributed by atoms with Crippen molar-refractivity contribution in [3.05, 3.63) is 29.3 Å². The minimum Gasteiger partial charge on any atom is -0.508 e. The highest BCUT2D eigenvalue weighted by Crippen LogP contribution is 2.27. The zero-order valence-electron chi connectivity index (χ0n) is 18.5. The average Bonchev–Trinajstić information content (AvgIpc) is 2.50. The van der Waals surface area contributed by atoms with Gasteiger partial charge in [0.15, 0.2) is 0 Å². The smallest absolute Gasteiger partial charge is 0.119 e. The molecule has 1 aromatic carbocycles. The standard InChI is InChI=1S/C25H44O/c1-24(2,3)19-12-8-7-10-15-21-16-14-18-23(26)22(21)17-11-9-13-20-25(4,5)6/h14,16,18,26H,7-13,15,17,19-20H2,1-6H3. The molecule has 0 atom stereocenters. The second-order valence-electron chi connectivity index (χ2n) is 10.5. The minimum atomic E-state index is 0.438. The number of unbranched alkanes of at least 4 members (excludes halogenated alkanes) is 5. The highest BCUT2D eigenvalue weighted by atomic mass is 16.3. The molecule has 1 heteroatoms. The molecule has 1 nitrogen and oxygen atoms in total. The SMILES string of the molecule is CC(C)(C)CCCCCCc1cccc(O)c1CCCCCC(C)(C)C. The zero-order valence-corrected chi connectivity index (χ0v) is 18.5. The maximum atomic E-state index is 10.3. The van der Waals surface area contributed by atoms with Crippen LogP contribution in [0.2, 0.25) is 0 Å². The van der Waals surface area contributed by atoms with Crippen LogP contribution in [-0.2, 0) is 12.8 Å². The molecule has 1 N–H and O–H groups in total. The van der Waals surface area contributed by atoms with Crippen molar-refractivity contribution in [1.29, 1.82) is 0 Å². The van der Waals surface area contributed by atoms with Crippen LogP contribution >= 0.6 is 0 Å². The highest BCUT2D eigenvalue weighted by molar-refractivity contribution is 5.39. The van der Waals surface area contributed by atoms with E-state index >= 15 is 0 Å². The summed E-state index contributed by atoms with van der Waals surface area (Å²) in [7, 11) is 0. The zero-order chi connectivity index (χ0) is 19.6. The number of hydrogen-bond acceptors (Lipinski definition) is 1. The molecule has 0 aromatic heterocycles. The van der Waals surface area contributed by atoms with Crippen molar-refractivity contribution in [2.75, 3.05) is 0 Å². The van der Waals surface area contributed by atoms with Crippen molar-refractivity contribution < 1.29 is 5.11 Å². The number of aryl methyl sites for hydroxylation is 1. The van der Waals surface area contributed by atoms with Gasteiger partial charge in [0, 0.05) is 0 Å². The van der Waals surface area contributed by atoms with E-state index in [9.17, 15) is 5.11 Å². The first kappa shape index (κ1) is 23.1. The van der Waals surface area contributed by atoms with E-state index in [1.807, 2.05) is 12.1 Å². The maximum absolute atomic E-state index is 10.3. The lowest BCUT2D eigenvalue weighted by molar-refractivity contribution is 0.357. The first-order valence-electron chi connectivity index (χ1n) is 10.9. The Bertz CT molecular complexity index is 502. The number of rotatable bonds is 11. The Hall–Kier alpha value is -0.980. The summed E-state index contributed by atoms with van der Waals surface area (Å²) in [6.07, 6.45) is 13.7. The Balaban J connectivity index is 2.36. The molecule has 0 spiro atoms. The van der Waals surface area contributed by atoms with E-state index in [0.29, 0.717) is 16.6 Å². The van der Waals surface area contributed by atoms with Crippen molar-refractivity contribution in [2.24, 2.45) is 10.8 Å². The largest absolute Gasteiger partial charge is 0.508 e. The molecule has 0 amide bonds. The number of phenolic OH excluding ortho intramolecular Hbond substituents is 1. The molecule has 0 saturated carbocycles. The van der Waals surface area contributed by atoms with Crippen LogP contribution < -0.4 is 0 Å². The molecule has 0 radical (unpaired) electrons. The molecule has 0 aliphatic rings. The van der Waals surface area contributed by atoms with Gasteiger partial charge in [-0.25, -0.2) is 0 Å². The highest BCUT2D eigenvalue weighted by Gasteiger charge is 2.11. The number of phenols is 1. The lowest BCUT2D eigenvalue weighted by atomic mass is 9.88. The van der Waals surface area contributed by atoms with E-state index < -0.39 is 0 Å². The van der Waals surface area contributed by atoms with Crippen LogP contribution in [-0.4, -0.2) is 5.11 Å². The van der Waals surface area contributed by atoms with E-state index in [2.05, 4.69) is 47.6 Å². The van der Waals surface area contributed by atoms with Crippen molar-refractivity contribution in [2.45, 2.75) is 112 Å². The molecule has 0 aliphatic carbocycles. The summed E-state index contributed by atoms with van der Waals surface area (Å²) in [6.45, 7) is 13.9. The number of aromatic hydroxyl groups is 1. The van der Waals surface area contributed by atoms with Crippen LogP contribution in [0.25, 0.3) is 0 Å². The monoisotopic (exact) mass is 360 g/mol. The van der Waals surface area contributed by atoms with Crippen LogP contribution in [0.1, 0.15) is 110 Å². The molecular formula is C25H44O. The normalized spacial score (nSPS) is 12.5. The summed E-state index contributed by atoms with van der Waals surface area (Å²) in [4.78, 5) is 0. The van der Waals surface area contributed by atoms with E-state index in [-0.39, 0.29) is 0 Å². The van der Waals surface area contributed by atoms with Gasteiger partial charge in [-0.1, -0.05) is 85.8 Å². The third-order valence-electron chi connectivity index (χ3n) is 5.22. The van der Waals surface area contributed by atoms with Crippen molar-refractivity contribution in [3.63, 3.8) is 0 Å². The molecule has 26 heavy (non-hydrogen) atoms. The molecule has 0 aliphatic heterocycles. The van der Waals surface area contributed by atoms with Gasteiger partial charge in [-0.05, 0) is 66.5 Å². The quantitative estimate of drug-likeness (QED) is 0.395. The van der Waals surface area contributed by atoms with Gasteiger partial charge < -0.3 is 5.11 Å². The summed E-state index contributed by atoms with van der Waals surface area (Å²) in [6, 6.07) is 6.09. The minimum absolute atomic E-state index is 0.438. The fraction of sp³-hybridized carbons (Fsp3) is 0.760. The van der Waals surface area contributed by atoms with E-state index in [1.165, 1.54) is 68.9 Å². The summed E-state index contributed by atoms with van der Waals surface area (Å²) in [5.74, 6) is 0.506. The molecule has 0 fully saturated rings. The summed E-state index contributed by atoms with van der Waals surface area (Å²) >= 11 is 0. The van der Waals surface area contributed by atoms with Gasteiger partial charge in [-0.3, -0.25) is 0 Å². The third kappa shape index (κ3) is 10.9. The predicted molar refractivity (Wildman–Crippen MR) is 116 cm³/mol. The van der Waals surface area contributed by atoms with Gasteiger partial charge in [0.2, 0.25) is 0 Å². The van der Waals surface area contributed by atoms with E-state index in [0.717, 1.165) is 12.8 Å². The van der Waals surface area contributed by atoms with Crippen LogP contribution in [0, 0.1) is 10.8 Å². The van der Waals surface area contributed by atoms with E-state index in [1.54, 1.807) is 0 Å². The van der Waals surface area contributed by atoms with Gasteiger partial charge in [0.1, 0.15) is 5.75 Å².